The molecule has 0 unspecified atom stereocenters. The van der Waals surface area contributed by atoms with Crippen molar-refractivity contribution in [2.24, 2.45) is 0 Å². The summed E-state index contributed by atoms with van der Waals surface area (Å²) in [5.41, 5.74) is -5.24. The molecule has 6 nitrogen and oxygen atoms in total. The van der Waals surface area contributed by atoms with Gasteiger partial charge in [-0.1, -0.05) is 0 Å². The first kappa shape index (κ1) is 23.2. The van der Waals surface area contributed by atoms with E-state index in [0.717, 1.165) is 24.3 Å². The van der Waals surface area contributed by atoms with Crippen LogP contribution in [0, 0.1) is 0 Å². The molecule has 0 fully saturated rings. The monoisotopic (exact) mass is 486 g/mol. The van der Waals surface area contributed by atoms with E-state index < -0.39 is 34.7 Å². The first-order valence-corrected chi connectivity index (χ1v) is 9.48. The van der Waals surface area contributed by atoms with Crippen molar-refractivity contribution < 1.29 is 44.7 Å². The van der Waals surface area contributed by atoms with E-state index in [1.165, 1.54) is 12.1 Å². The van der Waals surface area contributed by atoms with Crippen LogP contribution in [0.1, 0.15) is 11.1 Å². The van der Waals surface area contributed by atoms with Crippen molar-refractivity contribution in [3.8, 4) is 11.5 Å². The molecule has 0 radical (unpaired) electrons. The Morgan fingerprint density at radius 2 is 1.00 bits per heavy atom. The number of alkyl halides is 6. The first-order valence-electron chi connectivity index (χ1n) is 9.48. The largest absolute Gasteiger partial charge is 0.490 e. The van der Waals surface area contributed by atoms with Gasteiger partial charge in [0.25, 0.3) is 0 Å². The molecule has 0 aliphatic carbocycles. The van der Waals surface area contributed by atoms with Crippen molar-refractivity contribution in [2.75, 3.05) is 13.2 Å². The lowest BCUT2D eigenvalue weighted by Gasteiger charge is -2.12. The molecule has 0 saturated carbocycles. The van der Waals surface area contributed by atoms with E-state index >= 15 is 0 Å². The first-order chi connectivity index (χ1) is 15.9. The Balaban J connectivity index is 1.46. The van der Waals surface area contributed by atoms with Crippen molar-refractivity contribution in [3.63, 3.8) is 0 Å². The number of halogens is 6. The molecule has 34 heavy (non-hydrogen) atoms. The van der Waals surface area contributed by atoms with E-state index in [1.54, 1.807) is 0 Å². The summed E-state index contributed by atoms with van der Waals surface area (Å²) in [5, 5.41) is -0.627. The predicted octanol–water partition coefficient (Wildman–Crippen LogP) is 5.39. The second-order valence-electron chi connectivity index (χ2n) is 6.97. The summed E-state index contributed by atoms with van der Waals surface area (Å²) >= 11 is 0. The van der Waals surface area contributed by atoms with E-state index in [1.807, 2.05) is 0 Å². The van der Waals surface area contributed by atoms with Crippen LogP contribution in [0.5, 0.6) is 11.5 Å². The van der Waals surface area contributed by atoms with Crippen LogP contribution >= 0.6 is 0 Å². The van der Waals surface area contributed by atoms with Crippen molar-refractivity contribution in [1.82, 2.24) is 0 Å². The topological polar surface area (TPSA) is 78.9 Å². The Hall–Kier alpha value is -3.96. The zero-order valence-corrected chi connectivity index (χ0v) is 16.8. The average molecular weight is 486 g/mol. The van der Waals surface area contributed by atoms with Crippen LogP contribution in [-0.2, 0) is 12.4 Å². The van der Waals surface area contributed by atoms with Crippen molar-refractivity contribution in [1.29, 1.82) is 0 Å². The maximum absolute atomic E-state index is 13.1. The molecule has 0 spiro atoms. The fraction of sp³-hybridized carbons (Fsp3) is 0.182. The Labute approximate surface area is 184 Å². The molecule has 0 atom stereocenters. The Morgan fingerprint density at radius 3 is 1.35 bits per heavy atom. The van der Waals surface area contributed by atoms with Crippen molar-refractivity contribution in [2.45, 2.75) is 12.4 Å². The van der Waals surface area contributed by atoms with E-state index in [0.29, 0.717) is 12.1 Å². The third kappa shape index (κ3) is 4.85. The SMILES string of the molecule is O=c1cc(C(F)(F)F)c2ccc(OCCOc3ccc4c(C(F)(F)F)cc(=O)oc4c3)cc2o1. The maximum atomic E-state index is 13.1. The van der Waals surface area contributed by atoms with Gasteiger partial charge in [0.05, 0.1) is 11.1 Å². The van der Waals surface area contributed by atoms with Gasteiger partial charge in [-0.05, 0) is 24.3 Å². The molecule has 0 bridgehead atoms. The number of rotatable bonds is 5. The molecule has 178 valence electrons. The Bertz CT molecular complexity index is 1370. The number of hydrogen-bond acceptors (Lipinski definition) is 6. The highest BCUT2D eigenvalue weighted by Crippen LogP contribution is 2.36. The summed E-state index contributed by atoms with van der Waals surface area (Å²) in [5.74, 6) is 0.191. The Morgan fingerprint density at radius 1 is 0.618 bits per heavy atom. The number of hydrogen-bond donors (Lipinski definition) is 0. The summed E-state index contributed by atoms with van der Waals surface area (Å²) in [6, 6.07) is 7.66. The normalized spacial score (nSPS) is 12.3. The summed E-state index contributed by atoms with van der Waals surface area (Å²) in [7, 11) is 0. The summed E-state index contributed by atoms with van der Waals surface area (Å²) in [4.78, 5) is 22.9. The van der Waals surface area contributed by atoms with Gasteiger partial charge in [0, 0.05) is 35.0 Å². The molecule has 0 aliphatic rings. The van der Waals surface area contributed by atoms with Gasteiger partial charge in [-0.3, -0.25) is 0 Å². The molecule has 0 amide bonds. The quantitative estimate of drug-likeness (QED) is 0.214. The summed E-state index contributed by atoms with van der Waals surface area (Å²) < 4.78 is 99.0. The minimum atomic E-state index is -4.75. The molecular formula is C22H12F6O6. The van der Waals surface area contributed by atoms with Crippen molar-refractivity contribution >= 4 is 21.9 Å². The minimum absolute atomic E-state index is 0.0953. The third-order valence-corrected chi connectivity index (χ3v) is 4.66. The van der Waals surface area contributed by atoms with Crippen LogP contribution in [0.2, 0.25) is 0 Å². The van der Waals surface area contributed by atoms with Gasteiger partial charge in [0.15, 0.2) is 0 Å². The number of fused-ring (bicyclic) bond motifs is 2. The van der Waals surface area contributed by atoms with Crippen LogP contribution in [0.25, 0.3) is 21.9 Å². The van der Waals surface area contributed by atoms with Crippen LogP contribution in [-0.4, -0.2) is 13.2 Å². The van der Waals surface area contributed by atoms with E-state index in [9.17, 15) is 35.9 Å². The van der Waals surface area contributed by atoms with E-state index in [-0.39, 0.29) is 46.7 Å². The van der Waals surface area contributed by atoms with Gasteiger partial charge in [-0.25, -0.2) is 9.59 Å². The lowest BCUT2D eigenvalue weighted by atomic mass is 10.1. The molecular weight excluding hydrogens is 474 g/mol. The van der Waals surface area contributed by atoms with Gasteiger partial charge in [0.1, 0.15) is 35.9 Å². The highest BCUT2D eigenvalue weighted by atomic mass is 19.4. The lowest BCUT2D eigenvalue weighted by Crippen LogP contribution is -2.12. The predicted molar refractivity (Wildman–Crippen MR) is 106 cm³/mol. The number of ether oxygens (including phenoxy) is 2. The van der Waals surface area contributed by atoms with Gasteiger partial charge in [-0.15, -0.1) is 0 Å². The second-order valence-corrected chi connectivity index (χ2v) is 6.97. The molecule has 4 aromatic rings. The van der Waals surface area contributed by atoms with Crippen LogP contribution < -0.4 is 20.7 Å². The molecule has 0 aliphatic heterocycles. The number of benzene rings is 2. The standard InChI is InChI=1S/C22H12F6O6/c23-21(24,25)15-9-19(29)33-17-7-11(1-3-13(15)17)31-5-6-32-12-2-4-14-16(22(26,27)28)10-20(30)34-18(14)8-12/h1-4,7-10H,5-6H2. The van der Waals surface area contributed by atoms with Crippen molar-refractivity contribution in [3.05, 3.63) is 80.5 Å². The third-order valence-electron chi connectivity index (χ3n) is 4.66. The molecule has 12 heteroatoms. The summed E-state index contributed by atoms with van der Waals surface area (Å²) in [6.07, 6.45) is -9.49. The van der Waals surface area contributed by atoms with Crippen LogP contribution in [0.4, 0.5) is 26.3 Å². The molecule has 2 heterocycles. The summed E-state index contributed by atoms with van der Waals surface area (Å²) in [6.45, 7) is -0.224. The second kappa shape index (κ2) is 8.43. The molecule has 0 saturated heterocycles. The minimum Gasteiger partial charge on any atom is -0.490 e. The van der Waals surface area contributed by atoms with Gasteiger partial charge < -0.3 is 18.3 Å². The zero-order valence-electron chi connectivity index (χ0n) is 16.8. The van der Waals surface area contributed by atoms with Crippen LogP contribution in [0.3, 0.4) is 0 Å². The molecule has 2 aromatic carbocycles. The molecule has 0 N–H and O–H groups in total. The lowest BCUT2D eigenvalue weighted by molar-refractivity contribution is -0.137. The van der Waals surface area contributed by atoms with Crippen LogP contribution in [0.15, 0.2) is 67.0 Å². The fourth-order valence-corrected chi connectivity index (χ4v) is 3.25. The zero-order chi connectivity index (χ0) is 24.7. The molecule has 2 aromatic heterocycles. The van der Waals surface area contributed by atoms with E-state index in [4.69, 9.17) is 18.3 Å². The Kier molecular flexibility index (Phi) is 5.75. The van der Waals surface area contributed by atoms with Gasteiger partial charge >= 0.3 is 23.6 Å². The maximum Gasteiger partial charge on any atom is 0.417 e. The van der Waals surface area contributed by atoms with E-state index in [2.05, 4.69) is 0 Å². The van der Waals surface area contributed by atoms with Gasteiger partial charge in [0.2, 0.25) is 0 Å². The average Bonchev–Trinajstić information content (AvgIpc) is 2.73. The highest BCUT2D eigenvalue weighted by Gasteiger charge is 2.34. The fourth-order valence-electron chi connectivity index (χ4n) is 3.25. The molecule has 4 rings (SSSR count). The smallest absolute Gasteiger partial charge is 0.417 e. The van der Waals surface area contributed by atoms with Gasteiger partial charge in [-0.2, -0.15) is 26.3 Å². The highest BCUT2D eigenvalue weighted by molar-refractivity contribution is 5.82.